The highest BCUT2D eigenvalue weighted by Crippen LogP contribution is 2.23. The zero-order valence-corrected chi connectivity index (χ0v) is 22.9. The smallest absolute Gasteiger partial charge is 0.0198 e. The second kappa shape index (κ2) is 34.2. The lowest BCUT2D eigenvalue weighted by Crippen LogP contribution is -1.88. The van der Waals surface area contributed by atoms with Gasteiger partial charge < -0.3 is 0 Å². The van der Waals surface area contributed by atoms with Crippen LogP contribution in [0.1, 0.15) is 138 Å². The molecule has 0 bridgehead atoms. The third kappa shape index (κ3) is 29.0. The predicted molar refractivity (Wildman–Crippen MR) is 145 cm³/mol. The summed E-state index contributed by atoms with van der Waals surface area (Å²) in [6.07, 6.45) is 7.53. The van der Waals surface area contributed by atoms with Gasteiger partial charge in [-0.15, -0.1) is 0 Å². The van der Waals surface area contributed by atoms with Crippen LogP contribution in [0.3, 0.4) is 0 Å². The number of hydrogen-bond acceptors (Lipinski definition) is 0. The SMILES string of the molecule is C=C(CC)c1ccc(C)c(C(=C)C)c1.CC.CC.CCC.CCCC.CCCC. The van der Waals surface area contributed by atoms with Crippen molar-refractivity contribution in [2.24, 2.45) is 0 Å². The average molecular weight is 407 g/mol. The highest BCUT2D eigenvalue weighted by molar-refractivity contribution is 5.71. The van der Waals surface area contributed by atoms with E-state index in [2.05, 4.69) is 86.7 Å². The lowest BCUT2D eigenvalue weighted by atomic mass is 9.96. The van der Waals surface area contributed by atoms with Gasteiger partial charge in [0.25, 0.3) is 0 Å². The highest BCUT2D eigenvalue weighted by Gasteiger charge is 2.02. The first kappa shape index (κ1) is 38.3. The van der Waals surface area contributed by atoms with Gasteiger partial charge in [-0.1, -0.05) is 139 Å². The fourth-order valence-corrected chi connectivity index (χ4v) is 1.51. The molecular formula is C29H58. The molecule has 0 heteroatoms. The highest BCUT2D eigenvalue weighted by atomic mass is 14.1. The van der Waals surface area contributed by atoms with Gasteiger partial charge in [0.2, 0.25) is 0 Å². The first-order chi connectivity index (χ1) is 13.8. The fourth-order valence-electron chi connectivity index (χ4n) is 1.51. The second-order valence-corrected chi connectivity index (χ2v) is 6.47. The summed E-state index contributed by atoms with van der Waals surface area (Å²) in [5.74, 6) is 0. The molecule has 29 heavy (non-hydrogen) atoms. The Kier molecular flexibility index (Phi) is 45.2. The Bertz CT molecular complexity index is 429. The number of benzene rings is 1. The minimum absolute atomic E-state index is 0.999. The molecule has 0 N–H and O–H groups in total. The Hall–Kier alpha value is -1.30. The van der Waals surface area contributed by atoms with E-state index in [-0.39, 0.29) is 0 Å². The molecule has 1 aromatic carbocycles. The molecule has 0 radical (unpaired) electrons. The summed E-state index contributed by atoms with van der Waals surface area (Å²) < 4.78 is 0. The van der Waals surface area contributed by atoms with Gasteiger partial charge in [0, 0.05) is 0 Å². The summed E-state index contributed by atoms with van der Waals surface area (Å²) in [5, 5.41) is 0. The van der Waals surface area contributed by atoms with Crippen molar-refractivity contribution in [3.8, 4) is 0 Å². The van der Waals surface area contributed by atoms with Crippen LogP contribution in [-0.2, 0) is 0 Å². The van der Waals surface area contributed by atoms with Gasteiger partial charge in [0.1, 0.15) is 0 Å². The second-order valence-electron chi connectivity index (χ2n) is 6.47. The van der Waals surface area contributed by atoms with Gasteiger partial charge in [-0.2, -0.15) is 0 Å². The fraction of sp³-hybridized carbons (Fsp3) is 0.655. The van der Waals surface area contributed by atoms with Crippen molar-refractivity contribution in [3.05, 3.63) is 48.0 Å². The van der Waals surface area contributed by atoms with Crippen LogP contribution in [0, 0.1) is 6.92 Å². The molecule has 0 nitrogen and oxygen atoms in total. The zero-order valence-electron chi connectivity index (χ0n) is 22.9. The van der Waals surface area contributed by atoms with Crippen LogP contribution in [-0.4, -0.2) is 0 Å². The molecular weight excluding hydrogens is 348 g/mol. The molecule has 0 saturated heterocycles. The van der Waals surface area contributed by atoms with Crippen LogP contribution in [0.2, 0.25) is 0 Å². The van der Waals surface area contributed by atoms with Gasteiger partial charge in [-0.3, -0.25) is 0 Å². The number of allylic oxidation sites excluding steroid dienone is 2. The van der Waals surface area contributed by atoms with E-state index >= 15 is 0 Å². The first-order valence-electron chi connectivity index (χ1n) is 12.2. The molecule has 0 aliphatic carbocycles. The first-order valence-corrected chi connectivity index (χ1v) is 12.2. The van der Waals surface area contributed by atoms with E-state index in [0.717, 1.165) is 12.0 Å². The van der Waals surface area contributed by atoms with Crippen molar-refractivity contribution in [1.82, 2.24) is 0 Å². The van der Waals surface area contributed by atoms with E-state index in [1.165, 1.54) is 54.4 Å². The molecule has 1 aromatic rings. The molecule has 0 spiro atoms. The van der Waals surface area contributed by atoms with Crippen LogP contribution < -0.4 is 0 Å². The summed E-state index contributed by atoms with van der Waals surface area (Å²) in [6.45, 7) is 35.3. The molecule has 0 atom stereocenters. The van der Waals surface area contributed by atoms with E-state index < -0.39 is 0 Å². The molecule has 0 unspecified atom stereocenters. The molecule has 0 saturated carbocycles. The van der Waals surface area contributed by atoms with E-state index in [1.54, 1.807) is 0 Å². The Morgan fingerprint density at radius 1 is 0.724 bits per heavy atom. The van der Waals surface area contributed by atoms with E-state index in [9.17, 15) is 0 Å². The predicted octanol–water partition coefficient (Wildman–Crippen LogP) is 11.5. The van der Waals surface area contributed by atoms with Crippen LogP contribution in [0.15, 0.2) is 31.4 Å². The van der Waals surface area contributed by atoms with Crippen molar-refractivity contribution < 1.29 is 0 Å². The third-order valence-corrected chi connectivity index (χ3v) is 3.53. The molecule has 1 rings (SSSR count). The van der Waals surface area contributed by atoms with E-state index in [4.69, 9.17) is 0 Å². The molecule has 0 fully saturated rings. The number of aryl methyl sites for hydroxylation is 1. The Balaban J connectivity index is -0.000000106. The van der Waals surface area contributed by atoms with Crippen molar-refractivity contribution >= 4 is 11.1 Å². The molecule has 0 aliphatic heterocycles. The molecule has 0 amide bonds. The maximum absolute atomic E-state index is 4.04. The van der Waals surface area contributed by atoms with Gasteiger partial charge in [0.15, 0.2) is 0 Å². The van der Waals surface area contributed by atoms with Crippen molar-refractivity contribution in [3.63, 3.8) is 0 Å². The summed E-state index contributed by atoms with van der Waals surface area (Å²) in [5.41, 5.74) is 6.07. The lowest BCUT2D eigenvalue weighted by Gasteiger charge is -2.09. The normalized spacial score (nSPS) is 7.90. The maximum Gasteiger partial charge on any atom is -0.0198 e. The molecule has 0 aromatic heterocycles. The van der Waals surface area contributed by atoms with E-state index in [1.807, 2.05) is 34.6 Å². The Morgan fingerprint density at radius 2 is 1.07 bits per heavy atom. The number of hydrogen-bond donors (Lipinski definition) is 0. The van der Waals surface area contributed by atoms with Gasteiger partial charge in [-0.05, 0) is 48.6 Å². The van der Waals surface area contributed by atoms with Crippen LogP contribution in [0.5, 0.6) is 0 Å². The lowest BCUT2D eigenvalue weighted by molar-refractivity contribution is 0.886. The topological polar surface area (TPSA) is 0 Å². The van der Waals surface area contributed by atoms with Gasteiger partial charge in [0.05, 0.1) is 0 Å². The van der Waals surface area contributed by atoms with E-state index in [0.29, 0.717) is 0 Å². The minimum Gasteiger partial charge on any atom is -0.0955 e. The van der Waals surface area contributed by atoms with Crippen LogP contribution in [0.4, 0.5) is 0 Å². The maximum atomic E-state index is 4.04. The van der Waals surface area contributed by atoms with Crippen LogP contribution >= 0.6 is 0 Å². The Labute approximate surface area is 187 Å². The third-order valence-electron chi connectivity index (χ3n) is 3.53. The van der Waals surface area contributed by atoms with Gasteiger partial charge in [-0.25, -0.2) is 0 Å². The summed E-state index contributed by atoms with van der Waals surface area (Å²) in [7, 11) is 0. The largest absolute Gasteiger partial charge is 0.0955 e. The number of unbranched alkanes of at least 4 members (excludes halogenated alkanes) is 2. The minimum atomic E-state index is 0.999. The van der Waals surface area contributed by atoms with Crippen molar-refractivity contribution in [2.45, 2.75) is 129 Å². The number of rotatable bonds is 5. The molecule has 0 heterocycles. The Morgan fingerprint density at radius 3 is 1.31 bits per heavy atom. The van der Waals surface area contributed by atoms with Crippen molar-refractivity contribution in [2.75, 3.05) is 0 Å². The summed E-state index contributed by atoms with van der Waals surface area (Å²) >= 11 is 0. The monoisotopic (exact) mass is 406 g/mol. The van der Waals surface area contributed by atoms with Gasteiger partial charge >= 0.3 is 0 Å². The average Bonchev–Trinajstić information content (AvgIpc) is 2.77. The van der Waals surface area contributed by atoms with Crippen LogP contribution in [0.25, 0.3) is 11.1 Å². The van der Waals surface area contributed by atoms with Crippen molar-refractivity contribution in [1.29, 1.82) is 0 Å². The quantitative estimate of drug-likeness (QED) is 0.456. The summed E-state index contributed by atoms with van der Waals surface area (Å²) in [4.78, 5) is 0. The summed E-state index contributed by atoms with van der Waals surface area (Å²) in [6, 6.07) is 6.46. The molecule has 174 valence electrons. The standard InChI is InChI=1S/C14H18.2C4H10.C3H8.2C2H6/c1-6-11(4)13-8-7-12(5)14(9-13)10(2)3;2*1-3-4-2;1-3-2;2*1-2/h7-9H,2,4,6H2,1,3,5H3;2*3-4H2,1-2H3;3H2,1-2H3;2*1-2H3. The molecule has 0 aliphatic rings. The zero-order chi connectivity index (χ0) is 24.3.